The number of benzene rings is 2. The first-order valence-electron chi connectivity index (χ1n) is 8.84. The lowest BCUT2D eigenvalue weighted by atomic mass is 10.2. The summed E-state index contributed by atoms with van der Waals surface area (Å²) in [5, 5.41) is 2.80. The minimum atomic E-state index is -0.206. The van der Waals surface area contributed by atoms with E-state index in [0.29, 0.717) is 20.7 Å². The van der Waals surface area contributed by atoms with Gasteiger partial charge in [-0.2, -0.15) is 0 Å². The second kappa shape index (κ2) is 9.58. The molecule has 0 saturated carbocycles. The summed E-state index contributed by atoms with van der Waals surface area (Å²) in [7, 11) is 3.12. The molecular formula is C21H20N2O4S2. The molecule has 0 spiro atoms. The number of carbonyl (C=O) groups excluding carboxylic acids is 2. The van der Waals surface area contributed by atoms with Crippen LogP contribution >= 0.6 is 24.0 Å². The topological polar surface area (TPSA) is 67.9 Å². The summed E-state index contributed by atoms with van der Waals surface area (Å²) in [5.74, 6) is 0.812. The van der Waals surface area contributed by atoms with Crippen LogP contribution in [-0.2, 0) is 9.59 Å². The molecule has 0 atom stereocenters. The van der Waals surface area contributed by atoms with E-state index in [9.17, 15) is 9.59 Å². The molecule has 2 amide bonds. The third-order valence-corrected chi connectivity index (χ3v) is 5.58. The number of anilines is 1. The Kier molecular flexibility index (Phi) is 6.90. The van der Waals surface area contributed by atoms with Gasteiger partial charge in [-0.1, -0.05) is 48.2 Å². The molecule has 6 nitrogen and oxygen atoms in total. The van der Waals surface area contributed by atoms with Gasteiger partial charge < -0.3 is 14.8 Å². The van der Waals surface area contributed by atoms with Crippen LogP contribution in [0.3, 0.4) is 0 Å². The number of hydrogen-bond acceptors (Lipinski definition) is 6. The van der Waals surface area contributed by atoms with Crippen molar-refractivity contribution in [3.63, 3.8) is 0 Å². The molecule has 1 aliphatic rings. The summed E-state index contributed by atoms with van der Waals surface area (Å²) in [5.41, 5.74) is 1.52. The Bertz CT molecular complexity index is 960. The molecule has 3 rings (SSSR count). The van der Waals surface area contributed by atoms with Crippen molar-refractivity contribution in [3.8, 4) is 11.5 Å². The molecule has 1 saturated heterocycles. The van der Waals surface area contributed by atoms with Gasteiger partial charge in [-0.05, 0) is 35.9 Å². The molecular weight excluding hydrogens is 408 g/mol. The highest BCUT2D eigenvalue weighted by atomic mass is 32.2. The normalized spacial score (nSPS) is 15.0. The number of rotatable bonds is 7. The quantitative estimate of drug-likeness (QED) is 0.532. The van der Waals surface area contributed by atoms with Crippen molar-refractivity contribution in [2.24, 2.45) is 0 Å². The molecule has 1 N–H and O–H groups in total. The molecule has 0 unspecified atom stereocenters. The molecule has 29 heavy (non-hydrogen) atoms. The van der Waals surface area contributed by atoms with E-state index in [-0.39, 0.29) is 24.8 Å². The lowest BCUT2D eigenvalue weighted by Crippen LogP contribution is -2.31. The Hall–Kier alpha value is -2.84. The van der Waals surface area contributed by atoms with Crippen LogP contribution in [0.1, 0.15) is 12.0 Å². The molecule has 8 heteroatoms. The highest BCUT2D eigenvalue weighted by Gasteiger charge is 2.32. The number of hydrogen-bond donors (Lipinski definition) is 1. The van der Waals surface area contributed by atoms with Gasteiger partial charge in [0.1, 0.15) is 4.32 Å². The summed E-state index contributed by atoms with van der Waals surface area (Å²) < 4.78 is 11.0. The predicted octanol–water partition coefficient (Wildman–Crippen LogP) is 3.93. The third kappa shape index (κ3) is 5.16. The average Bonchev–Trinajstić information content (AvgIpc) is 2.99. The number of methoxy groups -OCH3 is 2. The Morgan fingerprint density at radius 3 is 2.55 bits per heavy atom. The third-order valence-electron chi connectivity index (χ3n) is 4.20. The molecule has 0 aliphatic carbocycles. The van der Waals surface area contributed by atoms with Gasteiger partial charge in [-0.25, -0.2) is 0 Å². The van der Waals surface area contributed by atoms with Gasteiger partial charge in [0.25, 0.3) is 5.91 Å². The summed E-state index contributed by atoms with van der Waals surface area (Å²) in [6.07, 6.45) is 1.91. The van der Waals surface area contributed by atoms with E-state index in [4.69, 9.17) is 21.7 Å². The van der Waals surface area contributed by atoms with Crippen LogP contribution in [0.15, 0.2) is 53.4 Å². The molecule has 1 heterocycles. The number of thioether (sulfide) groups is 1. The van der Waals surface area contributed by atoms with E-state index < -0.39 is 0 Å². The second-order valence-electron chi connectivity index (χ2n) is 6.11. The number of thiocarbonyl (C=S) groups is 1. The molecule has 2 aromatic carbocycles. The number of nitrogens with zero attached hydrogens (tertiary/aromatic N) is 1. The van der Waals surface area contributed by atoms with Crippen LogP contribution in [0.4, 0.5) is 5.69 Å². The van der Waals surface area contributed by atoms with Crippen molar-refractivity contribution in [2.75, 3.05) is 26.1 Å². The average molecular weight is 429 g/mol. The fourth-order valence-electron chi connectivity index (χ4n) is 2.75. The van der Waals surface area contributed by atoms with Crippen LogP contribution in [0.2, 0.25) is 0 Å². The van der Waals surface area contributed by atoms with Crippen molar-refractivity contribution >= 4 is 51.9 Å². The highest BCUT2D eigenvalue weighted by molar-refractivity contribution is 8.26. The smallest absolute Gasteiger partial charge is 0.266 e. The van der Waals surface area contributed by atoms with Gasteiger partial charge >= 0.3 is 0 Å². The van der Waals surface area contributed by atoms with Crippen LogP contribution in [0.25, 0.3) is 6.08 Å². The van der Waals surface area contributed by atoms with Crippen LogP contribution in [-0.4, -0.2) is 41.8 Å². The van der Waals surface area contributed by atoms with Crippen molar-refractivity contribution in [2.45, 2.75) is 6.42 Å². The fraction of sp³-hybridized carbons (Fsp3) is 0.190. The van der Waals surface area contributed by atoms with Crippen molar-refractivity contribution < 1.29 is 19.1 Å². The standard InChI is InChI=1S/C21H20N2O4S2/c1-26-16-9-8-14(12-17(16)27-2)13-18-20(25)23(21(28)29-18)11-10-19(24)22-15-6-4-3-5-7-15/h3-9,12-13H,10-11H2,1-2H3,(H,22,24). The van der Waals surface area contributed by atoms with Gasteiger partial charge in [0.15, 0.2) is 11.5 Å². The first-order chi connectivity index (χ1) is 14.0. The lowest BCUT2D eigenvalue weighted by Gasteiger charge is -2.14. The Morgan fingerprint density at radius 2 is 1.86 bits per heavy atom. The van der Waals surface area contributed by atoms with Gasteiger partial charge in [0.2, 0.25) is 5.91 Å². The monoisotopic (exact) mass is 428 g/mol. The zero-order valence-corrected chi connectivity index (χ0v) is 17.6. The predicted molar refractivity (Wildman–Crippen MR) is 119 cm³/mol. The van der Waals surface area contributed by atoms with Crippen LogP contribution < -0.4 is 14.8 Å². The minimum Gasteiger partial charge on any atom is -0.493 e. The number of amides is 2. The Morgan fingerprint density at radius 1 is 1.14 bits per heavy atom. The van der Waals surface area contributed by atoms with Gasteiger partial charge in [0, 0.05) is 18.7 Å². The molecule has 2 aromatic rings. The van der Waals surface area contributed by atoms with E-state index in [1.54, 1.807) is 32.4 Å². The van der Waals surface area contributed by atoms with E-state index in [2.05, 4.69) is 5.32 Å². The largest absolute Gasteiger partial charge is 0.493 e. The van der Waals surface area contributed by atoms with Crippen LogP contribution in [0.5, 0.6) is 11.5 Å². The number of carbonyl (C=O) groups is 2. The van der Waals surface area contributed by atoms with Gasteiger partial charge in [0.05, 0.1) is 19.1 Å². The maximum Gasteiger partial charge on any atom is 0.266 e. The zero-order valence-electron chi connectivity index (χ0n) is 16.0. The molecule has 1 aliphatic heterocycles. The summed E-state index contributed by atoms with van der Waals surface area (Å²) in [4.78, 5) is 26.8. The number of para-hydroxylation sites is 1. The molecule has 0 aromatic heterocycles. The summed E-state index contributed by atoms with van der Waals surface area (Å²) >= 11 is 6.55. The SMILES string of the molecule is COc1ccc(C=C2SC(=S)N(CCC(=O)Nc3ccccc3)C2=O)cc1OC. The van der Waals surface area contributed by atoms with Crippen LogP contribution in [0, 0.1) is 0 Å². The van der Waals surface area contributed by atoms with Crippen molar-refractivity contribution in [3.05, 3.63) is 59.0 Å². The first-order valence-corrected chi connectivity index (χ1v) is 10.1. The maximum absolute atomic E-state index is 12.7. The molecule has 150 valence electrons. The van der Waals surface area contributed by atoms with E-state index in [0.717, 1.165) is 11.3 Å². The van der Waals surface area contributed by atoms with E-state index >= 15 is 0 Å². The zero-order chi connectivity index (χ0) is 20.8. The fourth-order valence-corrected chi connectivity index (χ4v) is 4.05. The highest BCUT2D eigenvalue weighted by Crippen LogP contribution is 2.34. The first kappa shape index (κ1) is 20.9. The van der Waals surface area contributed by atoms with E-state index in [1.165, 1.54) is 16.7 Å². The summed E-state index contributed by atoms with van der Waals surface area (Å²) in [6.45, 7) is 0.229. The molecule has 0 radical (unpaired) electrons. The molecule has 0 bridgehead atoms. The van der Waals surface area contributed by atoms with Gasteiger partial charge in [-0.15, -0.1) is 0 Å². The van der Waals surface area contributed by atoms with Gasteiger partial charge in [-0.3, -0.25) is 14.5 Å². The Labute approximate surface area is 178 Å². The van der Waals surface area contributed by atoms with Crippen molar-refractivity contribution in [1.82, 2.24) is 4.90 Å². The minimum absolute atomic E-state index is 0.158. The number of nitrogens with one attached hydrogen (secondary N) is 1. The molecule has 1 fully saturated rings. The Balaban J connectivity index is 1.65. The van der Waals surface area contributed by atoms with Crippen molar-refractivity contribution in [1.29, 1.82) is 0 Å². The van der Waals surface area contributed by atoms with E-state index in [1.807, 2.05) is 36.4 Å². The lowest BCUT2D eigenvalue weighted by molar-refractivity contribution is -0.122. The number of ether oxygens (including phenoxy) is 2. The second-order valence-corrected chi connectivity index (χ2v) is 7.79. The summed E-state index contributed by atoms with van der Waals surface area (Å²) in [6, 6.07) is 14.6. The maximum atomic E-state index is 12.7.